The van der Waals surface area contributed by atoms with Crippen LogP contribution in [0.5, 0.6) is 5.75 Å². The Morgan fingerprint density at radius 2 is 1.68 bits per heavy atom. The van der Waals surface area contributed by atoms with Crippen molar-refractivity contribution in [3.8, 4) is 5.75 Å². The zero-order valence-electron chi connectivity index (χ0n) is 19.2. The molecule has 2 aliphatic rings. The molecule has 2 bridgehead atoms. The lowest BCUT2D eigenvalue weighted by molar-refractivity contribution is 0.0182. The zero-order chi connectivity index (χ0) is 21.0. The van der Waals surface area contributed by atoms with E-state index in [1.807, 2.05) is 0 Å². The van der Waals surface area contributed by atoms with Crippen molar-refractivity contribution in [1.82, 2.24) is 0 Å². The predicted molar refractivity (Wildman–Crippen MR) is 125 cm³/mol. The van der Waals surface area contributed by atoms with Gasteiger partial charge in [0.15, 0.2) is 8.32 Å². The Morgan fingerprint density at radius 3 is 2.21 bits per heavy atom. The maximum Gasteiger partial charge on any atom is 0.192 e. The van der Waals surface area contributed by atoms with Crippen molar-refractivity contribution in [1.29, 1.82) is 0 Å². The Morgan fingerprint density at radius 1 is 1.11 bits per heavy atom. The van der Waals surface area contributed by atoms with Crippen molar-refractivity contribution in [3.63, 3.8) is 0 Å². The van der Waals surface area contributed by atoms with E-state index in [2.05, 4.69) is 82.7 Å². The quantitative estimate of drug-likeness (QED) is 0.315. The Labute approximate surface area is 182 Å². The average molecular weight is 468 g/mol. The van der Waals surface area contributed by atoms with Crippen LogP contribution in [0.4, 0.5) is 0 Å². The number of hydrogen-bond acceptors (Lipinski definition) is 2. The third-order valence-electron chi connectivity index (χ3n) is 7.83. The van der Waals surface area contributed by atoms with E-state index in [4.69, 9.17) is 9.16 Å². The second kappa shape index (κ2) is 7.42. The van der Waals surface area contributed by atoms with Gasteiger partial charge in [-0.25, -0.2) is 0 Å². The summed E-state index contributed by atoms with van der Waals surface area (Å²) in [6.45, 7) is 19.7. The maximum absolute atomic E-state index is 7.18. The fourth-order valence-electron chi connectivity index (χ4n) is 5.01. The molecule has 0 N–H and O–H groups in total. The summed E-state index contributed by atoms with van der Waals surface area (Å²) in [7, 11) is -1.87. The maximum atomic E-state index is 7.18. The summed E-state index contributed by atoms with van der Waals surface area (Å²) < 4.78 is 14.4. The molecule has 2 nitrogen and oxygen atoms in total. The lowest BCUT2D eigenvalue weighted by atomic mass is 9.66. The topological polar surface area (TPSA) is 18.5 Å². The van der Waals surface area contributed by atoms with Gasteiger partial charge in [-0.15, -0.1) is 0 Å². The molecule has 158 valence electrons. The number of unbranched alkanes of at least 4 members (excludes halogenated alkanes) is 1. The summed E-state index contributed by atoms with van der Waals surface area (Å²) in [4.78, 5) is 0. The van der Waals surface area contributed by atoms with Crippen LogP contribution in [-0.4, -0.2) is 21.0 Å². The van der Waals surface area contributed by atoms with Crippen molar-refractivity contribution < 1.29 is 9.16 Å². The molecule has 3 rings (SSSR count). The molecule has 1 aromatic rings. The van der Waals surface area contributed by atoms with E-state index in [0.717, 1.165) is 29.7 Å². The van der Waals surface area contributed by atoms with E-state index in [9.17, 15) is 0 Å². The SMILES string of the molecule is CCCCOc1cc2c(cc1Br)C1(C)CCCC2(C)C1O[Si](C)(C)C(C)(C)C. The van der Waals surface area contributed by atoms with Gasteiger partial charge in [0.25, 0.3) is 0 Å². The summed E-state index contributed by atoms with van der Waals surface area (Å²) >= 11 is 3.80. The molecule has 3 atom stereocenters. The third kappa shape index (κ3) is 3.52. The Balaban J connectivity index is 2.04. The first-order valence-electron chi connectivity index (χ1n) is 11.0. The molecule has 0 spiro atoms. The van der Waals surface area contributed by atoms with Crippen LogP contribution < -0.4 is 4.74 Å². The monoisotopic (exact) mass is 466 g/mol. The number of benzene rings is 1. The highest BCUT2D eigenvalue weighted by atomic mass is 79.9. The van der Waals surface area contributed by atoms with Gasteiger partial charge in [-0.3, -0.25) is 0 Å². The number of rotatable bonds is 6. The van der Waals surface area contributed by atoms with Crippen LogP contribution in [0.1, 0.15) is 84.8 Å². The van der Waals surface area contributed by atoms with Crippen molar-refractivity contribution in [3.05, 3.63) is 27.7 Å². The van der Waals surface area contributed by atoms with Gasteiger partial charge in [0.2, 0.25) is 0 Å². The summed E-state index contributed by atoms with van der Waals surface area (Å²) in [5.41, 5.74) is 3.10. The molecular formula is C24H39BrO2Si. The van der Waals surface area contributed by atoms with Gasteiger partial charge in [-0.1, -0.05) is 54.4 Å². The van der Waals surface area contributed by atoms with E-state index in [1.165, 1.54) is 30.4 Å². The molecule has 1 aromatic carbocycles. The fourth-order valence-corrected chi connectivity index (χ4v) is 6.93. The van der Waals surface area contributed by atoms with Crippen LogP contribution in [0.15, 0.2) is 16.6 Å². The van der Waals surface area contributed by atoms with Crippen molar-refractivity contribution in [2.45, 2.75) is 109 Å². The molecular weight excluding hydrogens is 428 g/mol. The lowest BCUT2D eigenvalue weighted by Gasteiger charge is -2.50. The first kappa shape index (κ1) is 22.4. The molecule has 0 radical (unpaired) electrons. The molecule has 3 unspecified atom stereocenters. The van der Waals surface area contributed by atoms with Crippen LogP contribution in [0, 0.1) is 0 Å². The van der Waals surface area contributed by atoms with Crippen molar-refractivity contribution in [2.75, 3.05) is 6.61 Å². The summed E-state index contributed by atoms with van der Waals surface area (Å²) in [6.07, 6.45) is 6.17. The Bertz CT molecular complexity index is 739. The summed E-state index contributed by atoms with van der Waals surface area (Å²) in [6, 6.07) is 4.67. The first-order chi connectivity index (χ1) is 12.9. The van der Waals surface area contributed by atoms with E-state index in [-0.39, 0.29) is 22.0 Å². The van der Waals surface area contributed by atoms with Crippen molar-refractivity contribution in [2.24, 2.45) is 0 Å². The molecule has 1 saturated carbocycles. The van der Waals surface area contributed by atoms with Gasteiger partial charge in [0, 0.05) is 10.8 Å². The van der Waals surface area contributed by atoms with E-state index < -0.39 is 8.32 Å². The summed E-state index contributed by atoms with van der Waals surface area (Å²) in [5.74, 6) is 0.996. The van der Waals surface area contributed by atoms with Gasteiger partial charge < -0.3 is 9.16 Å². The number of hydrogen-bond donors (Lipinski definition) is 0. The van der Waals surface area contributed by atoms with E-state index in [1.54, 1.807) is 0 Å². The molecule has 0 saturated heterocycles. The zero-order valence-corrected chi connectivity index (χ0v) is 21.8. The molecule has 1 fully saturated rings. The van der Waals surface area contributed by atoms with E-state index >= 15 is 0 Å². The number of ether oxygens (including phenoxy) is 1. The molecule has 2 aliphatic carbocycles. The Hall–Kier alpha value is -0.323. The average Bonchev–Trinajstić information content (AvgIpc) is 2.67. The van der Waals surface area contributed by atoms with Crippen LogP contribution >= 0.6 is 15.9 Å². The van der Waals surface area contributed by atoms with Crippen LogP contribution in [0.2, 0.25) is 18.1 Å². The van der Waals surface area contributed by atoms with Gasteiger partial charge in [0.05, 0.1) is 17.2 Å². The van der Waals surface area contributed by atoms with Gasteiger partial charge in [0.1, 0.15) is 5.75 Å². The minimum absolute atomic E-state index is 0.0709. The summed E-state index contributed by atoms with van der Waals surface area (Å²) in [5, 5.41) is 0.220. The minimum Gasteiger partial charge on any atom is -0.492 e. The van der Waals surface area contributed by atoms with Gasteiger partial charge in [-0.2, -0.15) is 0 Å². The van der Waals surface area contributed by atoms with Gasteiger partial charge >= 0.3 is 0 Å². The third-order valence-corrected chi connectivity index (χ3v) is 12.9. The number of halogens is 1. The molecule has 0 aromatic heterocycles. The molecule has 0 amide bonds. The minimum atomic E-state index is -1.87. The number of fused-ring (bicyclic) bond motifs is 5. The second-order valence-electron chi connectivity index (χ2n) is 11.0. The van der Waals surface area contributed by atoms with Crippen molar-refractivity contribution >= 4 is 24.2 Å². The molecule has 0 heterocycles. The van der Waals surface area contributed by atoms with Crippen LogP contribution in [-0.2, 0) is 15.3 Å². The predicted octanol–water partition coefficient (Wildman–Crippen LogP) is 7.73. The molecule has 0 aliphatic heterocycles. The first-order valence-corrected chi connectivity index (χ1v) is 14.7. The van der Waals surface area contributed by atoms with E-state index in [0.29, 0.717) is 0 Å². The highest BCUT2D eigenvalue weighted by Crippen LogP contribution is 2.61. The smallest absolute Gasteiger partial charge is 0.192 e. The van der Waals surface area contributed by atoms with Gasteiger partial charge in [-0.05, 0) is 76.6 Å². The van der Waals surface area contributed by atoms with Crippen LogP contribution in [0.3, 0.4) is 0 Å². The largest absolute Gasteiger partial charge is 0.492 e. The normalized spacial score (nSPS) is 29.7. The Kier molecular flexibility index (Phi) is 5.93. The molecule has 28 heavy (non-hydrogen) atoms. The fraction of sp³-hybridized carbons (Fsp3) is 0.750. The molecule has 4 heteroatoms. The standard InChI is InChI=1S/C24H39BrO2Si/c1-9-10-14-26-20-16-18-17(15-19(20)25)23(5)12-11-13-24(18,6)21(23)27-28(7,8)22(2,3)4/h15-16,21H,9-14H2,1-8H3. The lowest BCUT2D eigenvalue weighted by Crippen LogP contribution is -2.55. The highest BCUT2D eigenvalue weighted by Gasteiger charge is 2.60. The second-order valence-corrected chi connectivity index (χ2v) is 16.6. The van der Waals surface area contributed by atoms with Crippen LogP contribution in [0.25, 0.3) is 0 Å². The highest BCUT2D eigenvalue weighted by molar-refractivity contribution is 9.10.